The molecule has 3 aromatic rings. The number of amides is 2. The maximum Gasteiger partial charge on any atom is 0.271 e. The first-order valence-electron chi connectivity index (χ1n) is 9.03. The van der Waals surface area contributed by atoms with Crippen LogP contribution in [-0.4, -0.2) is 30.6 Å². The molecule has 0 radical (unpaired) electrons. The predicted molar refractivity (Wildman–Crippen MR) is 110 cm³/mol. The lowest BCUT2D eigenvalue weighted by molar-refractivity contribution is 0.0846. The summed E-state index contributed by atoms with van der Waals surface area (Å²) in [5.74, 6) is 0.0326. The standard InChI is InChI=1S/C22H23N3O4/c1-14-10-11-15(2)25(14)18-13-20(29-4)19(28-3)12-17(18)22(27)24-23-21(26)16-8-6-5-7-9-16/h5-13H,1-4H3,(H,23,26)(H,24,27). The molecule has 0 bridgehead atoms. The summed E-state index contributed by atoms with van der Waals surface area (Å²) in [6, 6.07) is 15.9. The number of methoxy groups -OCH3 is 2. The van der Waals surface area contributed by atoms with Gasteiger partial charge in [0, 0.05) is 23.0 Å². The Bertz CT molecular complexity index is 1020. The zero-order valence-corrected chi connectivity index (χ0v) is 16.8. The van der Waals surface area contributed by atoms with Crippen LogP contribution in [0, 0.1) is 13.8 Å². The summed E-state index contributed by atoms with van der Waals surface area (Å²) in [5.41, 5.74) is 8.23. The summed E-state index contributed by atoms with van der Waals surface area (Å²) in [4.78, 5) is 25.2. The number of nitrogens with zero attached hydrogens (tertiary/aromatic N) is 1. The van der Waals surface area contributed by atoms with Gasteiger partial charge in [-0.1, -0.05) is 18.2 Å². The molecule has 3 rings (SSSR count). The van der Waals surface area contributed by atoms with Crippen LogP contribution in [0.2, 0.25) is 0 Å². The van der Waals surface area contributed by atoms with Crippen LogP contribution in [-0.2, 0) is 0 Å². The average molecular weight is 393 g/mol. The summed E-state index contributed by atoms with van der Waals surface area (Å²) in [7, 11) is 3.04. The number of carbonyl (C=O) groups is 2. The van der Waals surface area contributed by atoms with Crippen LogP contribution in [0.25, 0.3) is 5.69 Å². The molecule has 0 saturated heterocycles. The number of hydrazine groups is 1. The third kappa shape index (κ3) is 4.08. The molecule has 0 aliphatic rings. The third-order valence-corrected chi connectivity index (χ3v) is 4.58. The number of hydrogen-bond acceptors (Lipinski definition) is 4. The number of carbonyl (C=O) groups excluding carboxylic acids is 2. The minimum absolute atomic E-state index is 0.332. The van der Waals surface area contributed by atoms with E-state index in [0.29, 0.717) is 28.3 Å². The molecule has 0 saturated carbocycles. The number of ether oxygens (including phenoxy) is 2. The maximum atomic E-state index is 13.0. The Morgan fingerprint density at radius 2 is 1.34 bits per heavy atom. The Morgan fingerprint density at radius 3 is 1.93 bits per heavy atom. The smallest absolute Gasteiger partial charge is 0.271 e. The summed E-state index contributed by atoms with van der Waals surface area (Å²) in [6.07, 6.45) is 0. The molecule has 0 atom stereocenters. The van der Waals surface area contributed by atoms with Gasteiger partial charge < -0.3 is 14.0 Å². The van der Waals surface area contributed by atoms with Gasteiger partial charge >= 0.3 is 0 Å². The first-order chi connectivity index (χ1) is 14.0. The molecule has 29 heavy (non-hydrogen) atoms. The van der Waals surface area contributed by atoms with E-state index in [-0.39, 0.29) is 0 Å². The fraction of sp³-hybridized carbons (Fsp3) is 0.182. The van der Waals surface area contributed by atoms with E-state index >= 15 is 0 Å². The molecule has 0 fully saturated rings. The fourth-order valence-electron chi connectivity index (χ4n) is 3.13. The van der Waals surface area contributed by atoms with Gasteiger partial charge in [0.1, 0.15) is 0 Å². The van der Waals surface area contributed by atoms with E-state index in [0.717, 1.165) is 11.4 Å². The van der Waals surface area contributed by atoms with Crippen LogP contribution in [0.3, 0.4) is 0 Å². The van der Waals surface area contributed by atoms with Crippen molar-refractivity contribution < 1.29 is 19.1 Å². The molecule has 1 heterocycles. The molecule has 7 nitrogen and oxygen atoms in total. The lowest BCUT2D eigenvalue weighted by Gasteiger charge is -2.18. The lowest BCUT2D eigenvalue weighted by atomic mass is 10.1. The monoisotopic (exact) mass is 393 g/mol. The Labute approximate surface area is 169 Å². The second kappa shape index (κ2) is 8.52. The molecule has 2 aromatic carbocycles. The Kier molecular flexibility index (Phi) is 5.87. The SMILES string of the molecule is COc1cc(C(=O)NNC(=O)c2ccccc2)c(-n2c(C)ccc2C)cc1OC. The molecule has 2 amide bonds. The Balaban J connectivity index is 1.96. The van der Waals surface area contributed by atoms with Crippen molar-refractivity contribution in [2.75, 3.05) is 14.2 Å². The van der Waals surface area contributed by atoms with Crippen LogP contribution in [0.1, 0.15) is 32.1 Å². The second-order valence-electron chi connectivity index (χ2n) is 6.45. The van der Waals surface area contributed by atoms with Crippen LogP contribution >= 0.6 is 0 Å². The number of benzene rings is 2. The van der Waals surface area contributed by atoms with E-state index in [4.69, 9.17) is 9.47 Å². The van der Waals surface area contributed by atoms with E-state index in [1.165, 1.54) is 14.2 Å². The van der Waals surface area contributed by atoms with Gasteiger partial charge in [0.25, 0.3) is 11.8 Å². The van der Waals surface area contributed by atoms with Crippen molar-refractivity contribution in [3.8, 4) is 17.2 Å². The molecule has 0 aliphatic carbocycles. The van der Waals surface area contributed by atoms with Gasteiger partial charge in [-0.05, 0) is 44.2 Å². The Morgan fingerprint density at radius 1 is 0.793 bits per heavy atom. The van der Waals surface area contributed by atoms with E-state index in [2.05, 4.69) is 10.9 Å². The molecule has 150 valence electrons. The maximum absolute atomic E-state index is 13.0. The summed E-state index contributed by atoms with van der Waals surface area (Å²) < 4.78 is 12.7. The number of aryl methyl sites for hydroxylation is 2. The summed E-state index contributed by atoms with van der Waals surface area (Å²) in [5, 5.41) is 0. The largest absolute Gasteiger partial charge is 0.493 e. The van der Waals surface area contributed by atoms with E-state index in [9.17, 15) is 9.59 Å². The van der Waals surface area contributed by atoms with Gasteiger partial charge in [-0.15, -0.1) is 0 Å². The topological polar surface area (TPSA) is 81.6 Å². The number of rotatable bonds is 5. The average Bonchev–Trinajstić information content (AvgIpc) is 3.09. The molecule has 0 unspecified atom stereocenters. The lowest BCUT2D eigenvalue weighted by Crippen LogP contribution is -2.42. The second-order valence-corrected chi connectivity index (χ2v) is 6.45. The highest BCUT2D eigenvalue weighted by Crippen LogP contribution is 2.33. The van der Waals surface area contributed by atoms with Crippen molar-refractivity contribution in [2.24, 2.45) is 0 Å². The van der Waals surface area contributed by atoms with Crippen LogP contribution in [0.15, 0.2) is 54.6 Å². The number of nitrogens with one attached hydrogen (secondary N) is 2. The molecule has 0 spiro atoms. The number of aromatic nitrogens is 1. The van der Waals surface area contributed by atoms with Gasteiger partial charge in [0.15, 0.2) is 11.5 Å². The van der Waals surface area contributed by atoms with Crippen LogP contribution in [0.5, 0.6) is 11.5 Å². The van der Waals surface area contributed by atoms with E-state index in [1.807, 2.05) is 36.6 Å². The highest BCUT2D eigenvalue weighted by atomic mass is 16.5. The van der Waals surface area contributed by atoms with Gasteiger partial charge in [0.2, 0.25) is 0 Å². The summed E-state index contributed by atoms with van der Waals surface area (Å²) >= 11 is 0. The summed E-state index contributed by atoms with van der Waals surface area (Å²) in [6.45, 7) is 3.89. The highest BCUT2D eigenvalue weighted by molar-refractivity contribution is 6.01. The molecule has 7 heteroatoms. The fourth-order valence-corrected chi connectivity index (χ4v) is 3.13. The molecular weight excluding hydrogens is 370 g/mol. The molecule has 0 aliphatic heterocycles. The molecule has 2 N–H and O–H groups in total. The first-order valence-corrected chi connectivity index (χ1v) is 9.03. The minimum atomic E-state index is -0.474. The van der Waals surface area contributed by atoms with Gasteiger partial charge in [-0.3, -0.25) is 20.4 Å². The minimum Gasteiger partial charge on any atom is -0.493 e. The first kappa shape index (κ1) is 20.0. The molecule has 1 aromatic heterocycles. The van der Waals surface area contributed by atoms with Crippen molar-refractivity contribution in [1.29, 1.82) is 0 Å². The number of hydrogen-bond donors (Lipinski definition) is 2. The van der Waals surface area contributed by atoms with Crippen molar-refractivity contribution in [1.82, 2.24) is 15.4 Å². The zero-order valence-electron chi connectivity index (χ0n) is 16.8. The normalized spacial score (nSPS) is 10.3. The van der Waals surface area contributed by atoms with E-state index < -0.39 is 11.8 Å². The van der Waals surface area contributed by atoms with E-state index in [1.54, 1.807) is 36.4 Å². The van der Waals surface area contributed by atoms with Gasteiger partial charge in [-0.25, -0.2) is 0 Å². The third-order valence-electron chi connectivity index (χ3n) is 4.58. The van der Waals surface area contributed by atoms with Gasteiger partial charge in [0.05, 0.1) is 25.5 Å². The zero-order chi connectivity index (χ0) is 21.0. The van der Waals surface area contributed by atoms with Gasteiger partial charge in [-0.2, -0.15) is 0 Å². The van der Waals surface area contributed by atoms with Crippen molar-refractivity contribution in [3.63, 3.8) is 0 Å². The van der Waals surface area contributed by atoms with Crippen LogP contribution < -0.4 is 20.3 Å². The van der Waals surface area contributed by atoms with Crippen molar-refractivity contribution in [3.05, 3.63) is 77.1 Å². The van der Waals surface area contributed by atoms with Crippen LogP contribution in [0.4, 0.5) is 0 Å². The quantitative estimate of drug-likeness (QED) is 0.653. The highest BCUT2D eigenvalue weighted by Gasteiger charge is 2.20. The Hall–Kier alpha value is -3.74. The van der Waals surface area contributed by atoms with Crippen molar-refractivity contribution in [2.45, 2.75) is 13.8 Å². The van der Waals surface area contributed by atoms with Crippen molar-refractivity contribution >= 4 is 11.8 Å². The predicted octanol–water partition coefficient (Wildman–Crippen LogP) is 3.19. The molecular formula is C22H23N3O4.